The van der Waals surface area contributed by atoms with Gasteiger partial charge < -0.3 is 0 Å². The Morgan fingerprint density at radius 2 is 1.65 bits per heavy atom. The number of carbonyl (C=O) groups is 2. The lowest BCUT2D eigenvalue weighted by Gasteiger charge is -2.35. The van der Waals surface area contributed by atoms with Crippen molar-refractivity contribution in [1.29, 1.82) is 0 Å². The van der Waals surface area contributed by atoms with Crippen LogP contribution in [-0.2, 0) is 0 Å². The van der Waals surface area contributed by atoms with Gasteiger partial charge >= 0.3 is 0 Å². The Kier molecular flexibility index (Phi) is 5.62. The number of nitro groups is 1. The number of hydrogen-bond donors (Lipinski definition) is 1. The van der Waals surface area contributed by atoms with Gasteiger partial charge in [-0.1, -0.05) is 23.7 Å². The number of nitrogens with zero attached hydrogens (tertiary/aromatic N) is 2. The molecule has 2 aromatic carbocycles. The van der Waals surface area contributed by atoms with Crippen LogP contribution in [0.2, 0.25) is 5.02 Å². The maximum absolute atomic E-state index is 12.9. The lowest BCUT2D eigenvalue weighted by atomic mass is 10.1. The van der Waals surface area contributed by atoms with Crippen molar-refractivity contribution in [3.05, 3.63) is 74.8 Å². The highest BCUT2D eigenvalue weighted by Gasteiger charge is 2.30. The van der Waals surface area contributed by atoms with Crippen LogP contribution >= 0.6 is 11.6 Å². The number of benzene rings is 2. The Morgan fingerprint density at radius 1 is 1.08 bits per heavy atom. The molecule has 7 nitrogen and oxygen atoms in total. The quantitative estimate of drug-likeness (QED) is 0.651. The van der Waals surface area contributed by atoms with E-state index in [1.54, 1.807) is 45.0 Å². The Hall–Kier alpha value is -2.93. The summed E-state index contributed by atoms with van der Waals surface area (Å²) in [6.07, 6.45) is 0. The first-order chi connectivity index (χ1) is 12.1. The second kappa shape index (κ2) is 7.53. The Bertz CT molecular complexity index is 844. The highest BCUT2D eigenvalue weighted by Crippen LogP contribution is 2.21. The Labute approximate surface area is 155 Å². The van der Waals surface area contributed by atoms with Gasteiger partial charge in [-0.25, -0.2) is 5.01 Å². The van der Waals surface area contributed by atoms with Crippen LogP contribution < -0.4 is 5.43 Å². The first-order valence-electron chi connectivity index (χ1n) is 7.76. The zero-order valence-electron chi connectivity index (χ0n) is 14.5. The largest absolute Gasteiger partial charge is 0.274 e. The molecule has 0 aliphatic carbocycles. The van der Waals surface area contributed by atoms with Crippen LogP contribution in [0, 0.1) is 10.1 Å². The SMILES string of the molecule is CC(C)(C)N(NC(=O)c1ccc([N+](=O)[O-])cc1)C(=O)c1ccccc1Cl. The molecule has 1 N–H and O–H groups in total. The van der Waals surface area contributed by atoms with Gasteiger partial charge in [0.25, 0.3) is 17.5 Å². The highest BCUT2D eigenvalue weighted by atomic mass is 35.5. The van der Waals surface area contributed by atoms with E-state index in [4.69, 9.17) is 11.6 Å². The molecule has 0 heterocycles. The van der Waals surface area contributed by atoms with Crippen molar-refractivity contribution < 1.29 is 14.5 Å². The predicted octanol–water partition coefficient (Wildman–Crippen LogP) is 3.83. The van der Waals surface area contributed by atoms with Gasteiger partial charge in [0.2, 0.25) is 0 Å². The minimum Gasteiger partial charge on any atom is -0.267 e. The molecule has 0 bridgehead atoms. The summed E-state index contributed by atoms with van der Waals surface area (Å²) in [6, 6.07) is 11.7. The Morgan fingerprint density at radius 3 is 2.15 bits per heavy atom. The van der Waals surface area contributed by atoms with E-state index in [0.29, 0.717) is 0 Å². The van der Waals surface area contributed by atoms with Gasteiger partial charge in [-0.15, -0.1) is 0 Å². The first kappa shape index (κ1) is 19.4. The summed E-state index contributed by atoms with van der Waals surface area (Å²) in [5.74, 6) is -1.02. The van der Waals surface area contributed by atoms with Crippen LogP contribution in [0.4, 0.5) is 5.69 Å². The maximum atomic E-state index is 12.9. The molecule has 0 aliphatic heterocycles. The van der Waals surface area contributed by atoms with Gasteiger partial charge in [-0.05, 0) is 45.0 Å². The third-order valence-corrected chi connectivity index (χ3v) is 3.86. The summed E-state index contributed by atoms with van der Waals surface area (Å²) >= 11 is 6.09. The van der Waals surface area contributed by atoms with Gasteiger partial charge in [-0.3, -0.25) is 25.1 Å². The minimum absolute atomic E-state index is 0.124. The van der Waals surface area contributed by atoms with Crippen molar-refractivity contribution in [3.8, 4) is 0 Å². The van der Waals surface area contributed by atoms with Gasteiger partial charge in [0, 0.05) is 17.7 Å². The van der Waals surface area contributed by atoms with Crippen LogP contribution in [0.1, 0.15) is 41.5 Å². The molecule has 26 heavy (non-hydrogen) atoms. The number of amides is 2. The van der Waals surface area contributed by atoms with E-state index >= 15 is 0 Å². The molecule has 0 aliphatic rings. The van der Waals surface area contributed by atoms with E-state index in [-0.39, 0.29) is 21.8 Å². The zero-order valence-corrected chi connectivity index (χ0v) is 15.3. The molecule has 0 saturated heterocycles. The van der Waals surface area contributed by atoms with Crippen LogP contribution in [0.25, 0.3) is 0 Å². The average Bonchev–Trinajstić information content (AvgIpc) is 2.58. The number of halogens is 1. The van der Waals surface area contributed by atoms with E-state index in [9.17, 15) is 19.7 Å². The van der Waals surface area contributed by atoms with Crippen LogP contribution in [0.5, 0.6) is 0 Å². The summed E-state index contributed by atoms with van der Waals surface area (Å²) in [5, 5.41) is 12.2. The number of nitrogens with one attached hydrogen (secondary N) is 1. The van der Waals surface area contributed by atoms with E-state index in [1.807, 2.05) is 0 Å². The standard InChI is InChI=1S/C18H18ClN3O4/c1-18(2,3)21(17(24)14-6-4-5-7-15(14)19)20-16(23)12-8-10-13(11-9-12)22(25)26/h4-11H,1-3H3,(H,20,23). The number of hydrogen-bond acceptors (Lipinski definition) is 4. The van der Waals surface area contributed by atoms with Crippen molar-refractivity contribution in [2.75, 3.05) is 0 Å². The first-order valence-corrected chi connectivity index (χ1v) is 8.13. The lowest BCUT2D eigenvalue weighted by molar-refractivity contribution is -0.384. The molecule has 2 amide bonds. The van der Waals surface area contributed by atoms with Crippen molar-refractivity contribution in [2.24, 2.45) is 0 Å². The summed E-state index contributed by atoms with van der Waals surface area (Å²) in [6.45, 7) is 5.29. The third-order valence-electron chi connectivity index (χ3n) is 3.53. The molecular formula is C18H18ClN3O4. The lowest BCUT2D eigenvalue weighted by Crippen LogP contribution is -2.55. The molecule has 0 spiro atoms. The summed E-state index contributed by atoms with van der Waals surface area (Å²) in [7, 11) is 0. The molecule has 8 heteroatoms. The number of nitro benzene ring substituents is 1. The third kappa shape index (κ3) is 4.37. The monoisotopic (exact) mass is 375 g/mol. The maximum Gasteiger partial charge on any atom is 0.274 e. The average molecular weight is 376 g/mol. The van der Waals surface area contributed by atoms with Crippen LogP contribution in [0.15, 0.2) is 48.5 Å². The molecule has 136 valence electrons. The van der Waals surface area contributed by atoms with Gasteiger partial charge in [0.15, 0.2) is 0 Å². The van der Waals surface area contributed by atoms with Crippen LogP contribution in [-0.4, -0.2) is 27.3 Å². The second-order valence-corrected chi connectivity index (χ2v) is 6.94. The van der Waals surface area contributed by atoms with E-state index in [0.717, 1.165) is 0 Å². The van der Waals surface area contributed by atoms with E-state index < -0.39 is 22.3 Å². The normalized spacial score (nSPS) is 10.9. The molecule has 0 saturated carbocycles. The smallest absolute Gasteiger partial charge is 0.267 e. The highest BCUT2D eigenvalue weighted by molar-refractivity contribution is 6.33. The molecular weight excluding hydrogens is 358 g/mol. The molecule has 2 aromatic rings. The topological polar surface area (TPSA) is 92.6 Å². The molecule has 0 fully saturated rings. The van der Waals surface area contributed by atoms with Crippen molar-refractivity contribution in [2.45, 2.75) is 26.3 Å². The van der Waals surface area contributed by atoms with Crippen molar-refractivity contribution in [1.82, 2.24) is 10.4 Å². The fraction of sp³-hybridized carbons (Fsp3) is 0.222. The minimum atomic E-state index is -0.729. The molecule has 0 unspecified atom stereocenters. The predicted molar refractivity (Wildman–Crippen MR) is 97.9 cm³/mol. The van der Waals surface area contributed by atoms with Crippen molar-refractivity contribution >= 4 is 29.1 Å². The summed E-state index contributed by atoms with van der Waals surface area (Å²) in [4.78, 5) is 35.5. The second-order valence-electron chi connectivity index (χ2n) is 6.54. The van der Waals surface area contributed by atoms with Gasteiger partial charge in [-0.2, -0.15) is 0 Å². The zero-order chi connectivity index (χ0) is 19.5. The Balaban J connectivity index is 2.28. The number of rotatable bonds is 3. The summed E-state index contributed by atoms with van der Waals surface area (Å²) in [5.41, 5.74) is 2.16. The number of hydrazine groups is 1. The number of non-ortho nitro benzene ring substituents is 1. The van der Waals surface area contributed by atoms with Crippen LogP contribution in [0.3, 0.4) is 0 Å². The van der Waals surface area contributed by atoms with Gasteiger partial charge in [0.1, 0.15) is 0 Å². The molecule has 0 atom stereocenters. The fourth-order valence-corrected chi connectivity index (χ4v) is 2.40. The molecule has 0 aromatic heterocycles. The van der Waals surface area contributed by atoms with E-state index in [1.165, 1.54) is 29.3 Å². The van der Waals surface area contributed by atoms with E-state index in [2.05, 4.69) is 5.43 Å². The number of carbonyl (C=O) groups excluding carboxylic acids is 2. The summed E-state index contributed by atoms with van der Waals surface area (Å²) < 4.78 is 0. The molecule has 2 rings (SSSR count). The molecule has 0 radical (unpaired) electrons. The van der Waals surface area contributed by atoms with Crippen molar-refractivity contribution in [3.63, 3.8) is 0 Å². The van der Waals surface area contributed by atoms with Gasteiger partial charge in [0.05, 0.1) is 21.0 Å². The fourth-order valence-electron chi connectivity index (χ4n) is 2.18.